The number of hydrogen-bond acceptors (Lipinski definition) is 4. The van der Waals surface area contributed by atoms with Crippen molar-refractivity contribution in [3.63, 3.8) is 0 Å². The molecule has 1 aromatic heterocycles. The first-order valence-electron chi connectivity index (χ1n) is 16.4. The molecule has 0 bridgehead atoms. The van der Waals surface area contributed by atoms with Gasteiger partial charge in [0.05, 0.1) is 6.61 Å². The van der Waals surface area contributed by atoms with Crippen LogP contribution in [0.5, 0.6) is 17.4 Å². The van der Waals surface area contributed by atoms with Crippen molar-refractivity contribution in [3.8, 4) is 28.5 Å². The molecule has 0 N–H and O–H groups in total. The number of hydrogen-bond donors (Lipinski definition) is 0. The van der Waals surface area contributed by atoms with Crippen LogP contribution in [0.4, 0.5) is 0 Å². The molecule has 2 heterocycles. The number of unbranched alkanes of at least 4 members (excludes halogenated alkanes) is 10. The zero-order valence-electron chi connectivity index (χ0n) is 25.9. The number of rotatable bonds is 22. The number of aromatic nitrogens is 1. The quantitative estimate of drug-likeness (QED) is 0.105. The lowest BCUT2D eigenvalue weighted by Crippen LogP contribution is -2.28. The molecule has 2 aromatic rings. The molecule has 0 amide bonds. The highest BCUT2D eigenvalue weighted by molar-refractivity contribution is 6.38. The molecule has 0 spiro atoms. The van der Waals surface area contributed by atoms with E-state index in [-0.39, 0.29) is 5.91 Å². The van der Waals surface area contributed by atoms with Crippen molar-refractivity contribution in [2.75, 3.05) is 6.61 Å². The molecule has 1 aliphatic rings. The predicted octanol–water partition coefficient (Wildman–Crippen LogP) is 10.6. The van der Waals surface area contributed by atoms with Crippen LogP contribution in [-0.4, -0.2) is 27.0 Å². The molecule has 3 atom stereocenters. The van der Waals surface area contributed by atoms with Crippen molar-refractivity contribution in [3.05, 3.63) is 36.5 Å². The van der Waals surface area contributed by atoms with Gasteiger partial charge in [-0.2, -0.15) is 0 Å². The van der Waals surface area contributed by atoms with Gasteiger partial charge in [0.1, 0.15) is 0 Å². The first-order valence-corrected chi connectivity index (χ1v) is 17.6. The minimum Gasteiger partial charge on any atom is -0.478 e. The van der Waals surface area contributed by atoms with Gasteiger partial charge in [-0.15, -0.1) is 0 Å². The van der Waals surface area contributed by atoms with E-state index in [9.17, 15) is 0 Å². The predicted molar refractivity (Wildman–Crippen MR) is 170 cm³/mol. The monoisotopic (exact) mass is 565 g/mol. The van der Waals surface area contributed by atoms with E-state index in [0.717, 1.165) is 41.6 Å². The molecule has 40 heavy (non-hydrogen) atoms. The van der Waals surface area contributed by atoms with Gasteiger partial charge in [0.15, 0.2) is 21.0 Å². The molecule has 2 radical (unpaired) electrons. The number of pyridine rings is 1. The van der Waals surface area contributed by atoms with Crippen LogP contribution >= 0.6 is 0 Å². The Morgan fingerprint density at radius 1 is 0.725 bits per heavy atom. The second-order valence-corrected chi connectivity index (χ2v) is 13.7. The second-order valence-electron chi connectivity index (χ2n) is 11.9. The standard InChI is InChI=1S/C35H55NO3Si/c1-5-7-9-10-13-17-25-37-34-24-22-31(27-36-34)30-21-23-32-33(26-30)39-35(38-32)40-29(4)20-16-12-11-15-19-28(3)18-14-8-6-2/h21-24,26-29,35H,5-20,25H2,1-4H3. The summed E-state index contributed by atoms with van der Waals surface area (Å²) in [5.74, 6) is 3.15. The first-order chi connectivity index (χ1) is 19.6. The number of benzene rings is 1. The Kier molecular flexibility index (Phi) is 15.6. The van der Waals surface area contributed by atoms with Crippen LogP contribution in [0, 0.1) is 5.92 Å². The van der Waals surface area contributed by atoms with Gasteiger partial charge >= 0.3 is 0 Å². The average molecular weight is 566 g/mol. The topological polar surface area (TPSA) is 40.6 Å². The van der Waals surface area contributed by atoms with Gasteiger partial charge in [-0.1, -0.05) is 130 Å². The Hall–Kier alpha value is -2.01. The summed E-state index contributed by atoms with van der Waals surface area (Å²) in [7, 11) is 0.651. The third kappa shape index (κ3) is 12.2. The van der Waals surface area contributed by atoms with E-state index in [0.29, 0.717) is 20.9 Å². The molecule has 1 aromatic carbocycles. The van der Waals surface area contributed by atoms with E-state index in [1.54, 1.807) is 0 Å². The fraction of sp³-hybridized carbons (Fsp3) is 0.686. The number of ether oxygens (including phenoxy) is 3. The van der Waals surface area contributed by atoms with Gasteiger partial charge in [-0.3, -0.25) is 0 Å². The molecular formula is C35H55NO3Si. The minimum atomic E-state index is -0.153. The SMILES string of the molecule is CCCCCCCCOc1ccc(-c2ccc3c(c2)OC([Si]C(C)CCCCCCC(C)CCCCC)O3)cn1. The van der Waals surface area contributed by atoms with Crippen LogP contribution in [0.3, 0.4) is 0 Å². The molecule has 3 unspecified atom stereocenters. The van der Waals surface area contributed by atoms with E-state index in [2.05, 4.69) is 50.9 Å². The van der Waals surface area contributed by atoms with Crippen LogP contribution in [-0.2, 0) is 0 Å². The highest BCUT2D eigenvalue weighted by Crippen LogP contribution is 2.38. The highest BCUT2D eigenvalue weighted by atomic mass is 28.2. The smallest absolute Gasteiger partial charge is 0.215 e. The average Bonchev–Trinajstić information content (AvgIpc) is 3.36. The summed E-state index contributed by atoms with van der Waals surface area (Å²) in [6, 6.07) is 10.3. The molecule has 5 heteroatoms. The largest absolute Gasteiger partial charge is 0.478 e. The lowest BCUT2D eigenvalue weighted by molar-refractivity contribution is 0.122. The van der Waals surface area contributed by atoms with Gasteiger partial charge in [0.2, 0.25) is 11.8 Å². The summed E-state index contributed by atoms with van der Waals surface area (Å²) in [6.45, 7) is 10.1. The van der Waals surface area contributed by atoms with Crippen molar-refractivity contribution < 1.29 is 14.2 Å². The molecule has 0 fully saturated rings. The van der Waals surface area contributed by atoms with E-state index < -0.39 is 0 Å². The number of fused-ring (bicyclic) bond motifs is 1. The molecular weight excluding hydrogens is 510 g/mol. The Morgan fingerprint density at radius 2 is 1.35 bits per heavy atom. The summed E-state index contributed by atoms with van der Waals surface area (Å²) in [4.78, 5) is 4.53. The first kappa shape index (κ1) is 32.5. The zero-order valence-corrected chi connectivity index (χ0v) is 26.9. The zero-order chi connectivity index (χ0) is 28.4. The fourth-order valence-corrected chi connectivity index (χ4v) is 6.62. The summed E-state index contributed by atoms with van der Waals surface area (Å²) in [5, 5.41) is 0. The highest BCUT2D eigenvalue weighted by Gasteiger charge is 2.27. The minimum absolute atomic E-state index is 0.153. The van der Waals surface area contributed by atoms with E-state index in [1.807, 2.05) is 18.3 Å². The Balaban J connectivity index is 1.31. The van der Waals surface area contributed by atoms with Crippen molar-refractivity contribution in [1.29, 1.82) is 0 Å². The van der Waals surface area contributed by atoms with Gasteiger partial charge < -0.3 is 14.2 Å². The molecule has 1 aliphatic heterocycles. The number of nitrogens with zero attached hydrogens (tertiary/aromatic N) is 1. The normalized spacial score (nSPS) is 15.8. The Morgan fingerprint density at radius 3 is 2.10 bits per heavy atom. The fourth-order valence-electron chi connectivity index (χ4n) is 5.40. The van der Waals surface area contributed by atoms with Crippen molar-refractivity contribution in [1.82, 2.24) is 4.98 Å². The van der Waals surface area contributed by atoms with E-state index >= 15 is 0 Å². The lowest BCUT2D eigenvalue weighted by Gasteiger charge is -2.15. The molecule has 0 saturated heterocycles. The van der Waals surface area contributed by atoms with Gasteiger partial charge in [-0.25, -0.2) is 4.98 Å². The maximum atomic E-state index is 6.22. The molecule has 0 saturated carbocycles. The second kappa shape index (κ2) is 19.2. The maximum Gasteiger partial charge on any atom is 0.215 e. The Labute approximate surface area is 247 Å². The van der Waals surface area contributed by atoms with Gasteiger partial charge in [0, 0.05) is 17.8 Å². The van der Waals surface area contributed by atoms with Crippen molar-refractivity contribution in [2.24, 2.45) is 5.92 Å². The molecule has 0 aliphatic carbocycles. The third-order valence-electron chi connectivity index (χ3n) is 8.03. The molecule has 4 nitrogen and oxygen atoms in total. The van der Waals surface area contributed by atoms with Gasteiger partial charge in [-0.05, 0) is 41.6 Å². The maximum absolute atomic E-state index is 6.22. The summed E-state index contributed by atoms with van der Waals surface area (Å²) >= 11 is 0. The lowest BCUT2D eigenvalue weighted by atomic mass is 9.96. The van der Waals surface area contributed by atoms with Crippen molar-refractivity contribution in [2.45, 2.75) is 142 Å². The van der Waals surface area contributed by atoms with Crippen LogP contribution in [0.1, 0.15) is 130 Å². The summed E-state index contributed by atoms with van der Waals surface area (Å²) in [6.07, 6.45) is 23.1. The summed E-state index contributed by atoms with van der Waals surface area (Å²) in [5.41, 5.74) is 2.78. The van der Waals surface area contributed by atoms with Crippen LogP contribution < -0.4 is 14.2 Å². The van der Waals surface area contributed by atoms with E-state index in [4.69, 9.17) is 14.2 Å². The molecule has 3 rings (SSSR count). The van der Waals surface area contributed by atoms with E-state index in [1.165, 1.54) is 96.3 Å². The van der Waals surface area contributed by atoms with Gasteiger partial charge in [0.25, 0.3) is 0 Å². The molecule has 222 valence electrons. The van der Waals surface area contributed by atoms with Crippen LogP contribution in [0.15, 0.2) is 36.5 Å². The van der Waals surface area contributed by atoms with Crippen LogP contribution in [0.2, 0.25) is 5.54 Å². The Bertz CT molecular complexity index is 935. The van der Waals surface area contributed by atoms with Crippen LogP contribution in [0.25, 0.3) is 11.1 Å². The third-order valence-corrected chi connectivity index (χ3v) is 9.40. The van der Waals surface area contributed by atoms with Crippen molar-refractivity contribution >= 4 is 9.52 Å². The summed E-state index contributed by atoms with van der Waals surface area (Å²) < 4.78 is 18.2.